The van der Waals surface area contributed by atoms with Gasteiger partial charge >= 0.3 is 5.97 Å². The average Bonchev–Trinajstić information content (AvgIpc) is 3.14. The summed E-state index contributed by atoms with van der Waals surface area (Å²) in [5, 5.41) is 3.84. The minimum atomic E-state index is -0.763. The molecule has 4 N–H and O–H groups in total. The Morgan fingerprint density at radius 3 is 2.50 bits per heavy atom. The Kier molecular flexibility index (Phi) is 7.25. The normalized spacial score (nSPS) is 13.2. The molecule has 6 nitrogen and oxygen atoms in total. The number of aromatic amines is 1. The Bertz CT molecular complexity index is 982. The van der Waals surface area contributed by atoms with Crippen molar-refractivity contribution in [3.8, 4) is 0 Å². The maximum atomic E-state index is 12.7. The fourth-order valence-electron chi connectivity index (χ4n) is 3.42. The maximum absolute atomic E-state index is 12.7. The molecule has 1 heterocycles. The van der Waals surface area contributed by atoms with Crippen LogP contribution in [0, 0.1) is 5.92 Å². The molecular formula is C24H29N3O3. The van der Waals surface area contributed by atoms with Gasteiger partial charge in [-0.15, -0.1) is 0 Å². The van der Waals surface area contributed by atoms with E-state index in [4.69, 9.17) is 10.5 Å². The number of benzene rings is 2. The molecule has 0 aliphatic carbocycles. The van der Waals surface area contributed by atoms with Crippen LogP contribution in [0.15, 0.2) is 60.8 Å². The second-order valence-corrected chi connectivity index (χ2v) is 7.95. The first kappa shape index (κ1) is 21.6. The molecule has 158 valence electrons. The van der Waals surface area contributed by atoms with E-state index in [0.717, 1.165) is 22.0 Å². The van der Waals surface area contributed by atoms with Crippen molar-refractivity contribution in [2.24, 2.45) is 11.7 Å². The number of carbonyl (C=O) groups is 2. The van der Waals surface area contributed by atoms with Crippen LogP contribution in [-0.4, -0.2) is 28.9 Å². The summed E-state index contributed by atoms with van der Waals surface area (Å²) in [6.45, 7) is 4.16. The van der Waals surface area contributed by atoms with Crippen molar-refractivity contribution >= 4 is 22.8 Å². The highest BCUT2D eigenvalue weighted by Gasteiger charge is 2.26. The lowest BCUT2D eigenvalue weighted by atomic mass is 10.0. The first-order chi connectivity index (χ1) is 14.4. The van der Waals surface area contributed by atoms with Crippen molar-refractivity contribution < 1.29 is 14.3 Å². The average molecular weight is 408 g/mol. The van der Waals surface area contributed by atoms with E-state index >= 15 is 0 Å². The third-order valence-electron chi connectivity index (χ3n) is 4.98. The van der Waals surface area contributed by atoms with Crippen molar-refractivity contribution in [2.75, 3.05) is 0 Å². The fourth-order valence-corrected chi connectivity index (χ4v) is 3.42. The third kappa shape index (κ3) is 5.70. The molecule has 1 aromatic heterocycles. The van der Waals surface area contributed by atoms with E-state index in [1.165, 1.54) is 0 Å². The largest absolute Gasteiger partial charge is 0.459 e. The molecule has 0 aliphatic rings. The molecule has 2 unspecified atom stereocenters. The number of aromatic nitrogens is 1. The number of carbonyl (C=O) groups excluding carboxylic acids is 2. The second-order valence-electron chi connectivity index (χ2n) is 7.95. The Morgan fingerprint density at radius 1 is 1.07 bits per heavy atom. The van der Waals surface area contributed by atoms with E-state index in [1.807, 2.05) is 74.6 Å². The molecule has 1 amide bonds. The van der Waals surface area contributed by atoms with Gasteiger partial charge < -0.3 is 20.8 Å². The van der Waals surface area contributed by atoms with E-state index < -0.39 is 18.1 Å². The molecule has 0 saturated carbocycles. The lowest BCUT2D eigenvalue weighted by Gasteiger charge is -2.21. The predicted octanol–water partition coefficient (Wildman–Crippen LogP) is 3.31. The minimum absolute atomic E-state index is 0.172. The van der Waals surface area contributed by atoms with Crippen LogP contribution in [0.2, 0.25) is 0 Å². The first-order valence-electron chi connectivity index (χ1n) is 10.3. The van der Waals surface area contributed by atoms with Gasteiger partial charge in [0.1, 0.15) is 12.6 Å². The van der Waals surface area contributed by atoms with E-state index in [0.29, 0.717) is 12.8 Å². The van der Waals surface area contributed by atoms with E-state index in [-0.39, 0.29) is 18.4 Å². The molecule has 3 rings (SSSR count). The predicted molar refractivity (Wildman–Crippen MR) is 118 cm³/mol. The number of fused-ring (bicyclic) bond motifs is 1. The number of esters is 1. The molecule has 30 heavy (non-hydrogen) atoms. The van der Waals surface area contributed by atoms with Gasteiger partial charge in [0.25, 0.3) is 0 Å². The molecule has 0 spiro atoms. The number of rotatable bonds is 9. The summed E-state index contributed by atoms with van der Waals surface area (Å²) in [5.74, 6) is -0.591. The number of nitrogens with one attached hydrogen (secondary N) is 2. The lowest BCUT2D eigenvalue weighted by molar-refractivity contribution is -0.149. The zero-order chi connectivity index (χ0) is 21.5. The quantitative estimate of drug-likeness (QED) is 0.474. The standard InChI is InChI=1S/C24H29N3O3/c1-16(2)12-22(24(29)30-15-17-8-4-3-5-9-17)27-23(28)20(25)13-18-14-26-21-11-7-6-10-19(18)21/h3-11,14,16,20,22,26H,12-13,15,25H2,1-2H3,(H,27,28). The topological polar surface area (TPSA) is 97.2 Å². The molecule has 0 radical (unpaired) electrons. The molecule has 0 aliphatic heterocycles. The summed E-state index contributed by atoms with van der Waals surface area (Å²) in [6.07, 6.45) is 2.74. The number of nitrogens with two attached hydrogens (primary N) is 1. The van der Waals surface area contributed by atoms with Gasteiger partial charge in [0.15, 0.2) is 0 Å². The summed E-state index contributed by atoms with van der Waals surface area (Å²) in [4.78, 5) is 28.5. The van der Waals surface area contributed by atoms with Gasteiger partial charge in [0.05, 0.1) is 6.04 Å². The van der Waals surface area contributed by atoms with Gasteiger partial charge in [0.2, 0.25) is 5.91 Å². The molecule has 2 atom stereocenters. The van der Waals surface area contributed by atoms with E-state index in [9.17, 15) is 9.59 Å². The Hall–Kier alpha value is -3.12. The van der Waals surface area contributed by atoms with Gasteiger partial charge in [0, 0.05) is 17.1 Å². The van der Waals surface area contributed by atoms with Crippen molar-refractivity contribution in [1.29, 1.82) is 0 Å². The number of para-hydroxylation sites is 1. The molecule has 2 aromatic carbocycles. The number of H-pyrrole nitrogens is 1. The molecule has 0 saturated heterocycles. The van der Waals surface area contributed by atoms with Crippen LogP contribution in [0.4, 0.5) is 0 Å². The molecular weight excluding hydrogens is 378 g/mol. The summed E-state index contributed by atoms with van der Waals surface area (Å²) >= 11 is 0. The van der Waals surface area contributed by atoms with Crippen molar-refractivity contribution in [3.63, 3.8) is 0 Å². The van der Waals surface area contributed by atoms with Crippen LogP contribution in [0.5, 0.6) is 0 Å². The zero-order valence-corrected chi connectivity index (χ0v) is 17.4. The highest BCUT2D eigenvalue weighted by Crippen LogP contribution is 2.19. The number of amides is 1. The van der Waals surface area contributed by atoms with Crippen LogP contribution < -0.4 is 11.1 Å². The van der Waals surface area contributed by atoms with Gasteiger partial charge in [-0.2, -0.15) is 0 Å². The van der Waals surface area contributed by atoms with Crippen molar-refractivity contribution in [2.45, 2.75) is 45.4 Å². The third-order valence-corrected chi connectivity index (χ3v) is 4.98. The summed E-state index contributed by atoms with van der Waals surface area (Å²) in [5.41, 5.74) is 9.04. The Labute approximate surface area is 176 Å². The lowest BCUT2D eigenvalue weighted by Crippen LogP contribution is -2.50. The summed E-state index contributed by atoms with van der Waals surface area (Å²) in [7, 11) is 0. The monoisotopic (exact) mass is 407 g/mol. The smallest absolute Gasteiger partial charge is 0.328 e. The van der Waals surface area contributed by atoms with Crippen LogP contribution in [0.1, 0.15) is 31.4 Å². The highest BCUT2D eigenvalue weighted by molar-refractivity contribution is 5.89. The van der Waals surface area contributed by atoms with Crippen LogP contribution in [-0.2, 0) is 27.4 Å². The molecule has 0 fully saturated rings. The summed E-state index contributed by atoms with van der Waals surface area (Å²) in [6, 6.07) is 15.8. The summed E-state index contributed by atoms with van der Waals surface area (Å²) < 4.78 is 5.44. The number of hydrogen-bond donors (Lipinski definition) is 3. The van der Waals surface area contributed by atoms with Crippen LogP contribution >= 0.6 is 0 Å². The Balaban J connectivity index is 1.61. The van der Waals surface area contributed by atoms with Crippen LogP contribution in [0.3, 0.4) is 0 Å². The van der Waals surface area contributed by atoms with Gasteiger partial charge in [-0.25, -0.2) is 4.79 Å². The second kappa shape index (κ2) is 10.1. The van der Waals surface area contributed by atoms with Gasteiger partial charge in [-0.3, -0.25) is 4.79 Å². The van der Waals surface area contributed by atoms with Crippen LogP contribution in [0.25, 0.3) is 10.9 Å². The fraction of sp³-hybridized carbons (Fsp3) is 0.333. The van der Waals surface area contributed by atoms with Crippen molar-refractivity contribution in [3.05, 3.63) is 71.9 Å². The molecule has 6 heteroatoms. The zero-order valence-electron chi connectivity index (χ0n) is 17.4. The highest BCUT2D eigenvalue weighted by atomic mass is 16.5. The Morgan fingerprint density at radius 2 is 1.77 bits per heavy atom. The SMILES string of the molecule is CC(C)CC(NC(=O)C(N)Cc1c[nH]c2ccccc12)C(=O)OCc1ccccc1. The number of hydrogen-bond acceptors (Lipinski definition) is 4. The minimum Gasteiger partial charge on any atom is -0.459 e. The molecule has 0 bridgehead atoms. The maximum Gasteiger partial charge on any atom is 0.328 e. The van der Waals surface area contributed by atoms with E-state index in [2.05, 4.69) is 10.3 Å². The first-order valence-corrected chi connectivity index (χ1v) is 10.3. The van der Waals surface area contributed by atoms with E-state index in [1.54, 1.807) is 0 Å². The van der Waals surface area contributed by atoms with Gasteiger partial charge in [-0.1, -0.05) is 62.4 Å². The van der Waals surface area contributed by atoms with Gasteiger partial charge in [-0.05, 0) is 36.0 Å². The number of ether oxygens (including phenoxy) is 1. The molecule has 3 aromatic rings. The van der Waals surface area contributed by atoms with Crippen molar-refractivity contribution in [1.82, 2.24) is 10.3 Å².